The van der Waals surface area contributed by atoms with Gasteiger partial charge < -0.3 is 10.1 Å². The standard InChI is InChI=1S/C13H19NO/c1-3-10-7-8-14-13(10)11-5-4-6-12(9-11)15-2/h4-6,9-10,13-14H,3,7-8H2,1-2H3/t10-,13+/m0/s1. The van der Waals surface area contributed by atoms with E-state index < -0.39 is 0 Å². The van der Waals surface area contributed by atoms with Crippen LogP contribution in [0, 0.1) is 5.92 Å². The zero-order valence-corrected chi connectivity index (χ0v) is 9.49. The van der Waals surface area contributed by atoms with Crippen molar-refractivity contribution in [1.29, 1.82) is 0 Å². The molecule has 15 heavy (non-hydrogen) atoms. The van der Waals surface area contributed by atoms with Crippen molar-refractivity contribution < 1.29 is 4.74 Å². The van der Waals surface area contributed by atoms with Crippen LogP contribution >= 0.6 is 0 Å². The third-order valence-corrected chi connectivity index (χ3v) is 3.33. The Morgan fingerprint density at radius 3 is 3.07 bits per heavy atom. The number of benzene rings is 1. The Kier molecular flexibility index (Phi) is 3.27. The molecule has 1 fully saturated rings. The monoisotopic (exact) mass is 205 g/mol. The molecular formula is C13H19NO. The lowest BCUT2D eigenvalue weighted by Crippen LogP contribution is -2.17. The fraction of sp³-hybridized carbons (Fsp3) is 0.538. The maximum atomic E-state index is 5.26. The molecule has 1 aliphatic rings. The van der Waals surface area contributed by atoms with Gasteiger partial charge in [0.2, 0.25) is 0 Å². The Balaban J connectivity index is 2.20. The van der Waals surface area contributed by atoms with Gasteiger partial charge in [-0.25, -0.2) is 0 Å². The van der Waals surface area contributed by atoms with E-state index in [0.29, 0.717) is 6.04 Å². The van der Waals surface area contributed by atoms with Gasteiger partial charge in [-0.3, -0.25) is 0 Å². The summed E-state index contributed by atoms with van der Waals surface area (Å²) in [6.45, 7) is 3.41. The number of methoxy groups -OCH3 is 1. The molecule has 0 amide bonds. The second-order valence-electron chi connectivity index (χ2n) is 4.17. The quantitative estimate of drug-likeness (QED) is 0.819. The molecular weight excluding hydrogens is 186 g/mol. The average Bonchev–Trinajstić information content (AvgIpc) is 2.77. The van der Waals surface area contributed by atoms with Crippen molar-refractivity contribution in [2.24, 2.45) is 5.92 Å². The van der Waals surface area contributed by atoms with Crippen LogP contribution in [0.15, 0.2) is 24.3 Å². The van der Waals surface area contributed by atoms with Gasteiger partial charge >= 0.3 is 0 Å². The lowest BCUT2D eigenvalue weighted by atomic mass is 9.92. The van der Waals surface area contributed by atoms with Gasteiger partial charge in [0.1, 0.15) is 5.75 Å². The number of nitrogens with one attached hydrogen (secondary N) is 1. The van der Waals surface area contributed by atoms with Gasteiger partial charge in [0.15, 0.2) is 0 Å². The van der Waals surface area contributed by atoms with Crippen LogP contribution < -0.4 is 10.1 Å². The van der Waals surface area contributed by atoms with Crippen molar-refractivity contribution in [1.82, 2.24) is 5.32 Å². The second-order valence-corrected chi connectivity index (χ2v) is 4.17. The van der Waals surface area contributed by atoms with E-state index in [-0.39, 0.29) is 0 Å². The highest BCUT2D eigenvalue weighted by Gasteiger charge is 2.26. The Bertz CT molecular complexity index is 324. The van der Waals surface area contributed by atoms with Crippen molar-refractivity contribution >= 4 is 0 Å². The van der Waals surface area contributed by atoms with Crippen molar-refractivity contribution in [2.45, 2.75) is 25.8 Å². The van der Waals surface area contributed by atoms with Crippen LogP contribution in [0.2, 0.25) is 0 Å². The first-order valence-corrected chi connectivity index (χ1v) is 5.72. The molecule has 0 radical (unpaired) electrons. The molecule has 1 aromatic rings. The Morgan fingerprint density at radius 2 is 2.33 bits per heavy atom. The molecule has 82 valence electrons. The summed E-state index contributed by atoms with van der Waals surface area (Å²) >= 11 is 0. The highest BCUT2D eigenvalue weighted by atomic mass is 16.5. The molecule has 1 aliphatic heterocycles. The lowest BCUT2D eigenvalue weighted by molar-refractivity contribution is 0.409. The first kappa shape index (κ1) is 10.5. The average molecular weight is 205 g/mol. The van der Waals surface area contributed by atoms with Crippen molar-refractivity contribution in [3.05, 3.63) is 29.8 Å². The van der Waals surface area contributed by atoms with E-state index in [0.717, 1.165) is 18.2 Å². The minimum atomic E-state index is 0.519. The summed E-state index contributed by atoms with van der Waals surface area (Å²) < 4.78 is 5.26. The molecule has 0 aromatic heterocycles. The molecule has 2 rings (SSSR count). The summed E-state index contributed by atoms with van der Waals surface area (Å²) in [4.78, 5) is 0. The van der Waals surface area contributed by atoms with Crippen LogP contribution in [0.25, 0.3) is 0 Å². The first-order chi connectivity index (χ1) is 7.35. The third-order valence-electron chi connectivity index (χ3n) is 3.33. The molecule has 2 nitrogen and oxygen atoms in total. The smallest absolute Gasteiger partial charge is 0.119 e. The van der Waals surface area contributed by atoms with Crippen LogP contribution in [-0.2, 0) is 0 Å². The van der Waals surface area contributed by atoms with Crippen LogP contribution in [-0.4, -0.2) is 13.7 Å². The lowest BCUT2D eigenvalue weighted by Gasteiger charge is -2.18. The first-order valence-electron chi connectivity index (χ1n) is 5.72. The number of rotatable bonds is 3. The van der Waals surface area contributed by atoms with E-state index in [1.54, 1.807) is 7.11 Å². The van der Waals surface area contributed by atoms with Crippen LogP contribution in [0.3, 0.4) is 0 Å². The van der Waals surface area contributed by atoms with Gasteiger partial charge in [0.05, 0.1) is 7.11 Å². The van der Waals surface area contributed by atoms with E-state index in [1.807, 2.05) is 6.07 Å². The van der Waals surface area contributed by atoms with E-state index >= 15 is 0 Å². The summed E-state index contributed by atoms with van der Waals surface area (Å²) in [5, 5.41) is 3.57. The summed E-state index contributed by atoms with van der Waals surface area (Å²) in [6, 6.07) is 8.92. The molecule has 0 unspecified atom stereocenters. The van der Waals surface area contributed by atoms with E-state index in [4.69, 9.17) is 4.74 Å². The van der Waals surface area contributed by atoms with Gasteiger partial charge in [-0.15, -0.1) is 0 Å². The van der Waals surface area contributed by atoms with Crippen LogP contribution in [0.4, 0.5) is 0 Å². The zero-order valence-electron chi connectivity index (χ0n) is 9.49. The van der Waals surface area contributed by atoms with Gasteiger partial charge in [-0.2, -0.15) is 0 Å². The molecule has 2 atom stereocenters. The number of hydrogen-bond donors (Lipinski definition) is 1. The Hall–Kier alpha value is -1.02. The largest absolute Gasteiger partial charge is 0.497 e. The molecule has 0 bridgehead atoms. The Morgan fingerprint density at radius 1 is 1.47 bits per heavy atom. The van der Waals surface area contributed by atoms with Crippen molar-refractivity contribution in [2.75, 3.05) is 13.7 Å². The predicted octanol–water partition coefficient (Wildman–Crippen LogP) is 2.76. The fourth-order valence-corrected chi connectivity index (χ4v) is 2.42. The molecule has 1 saturated heterocycles. The van der Waals surface area contributed by atoms with Gasteiger partial charge in [0.25, 0.3) is 0 Å². The molecule has 2 heteroatoms. The van der Waals surface area contributed by atoms with Gasteiger partial charge in [0, 0.05) is 6.04 Å². The predicted molar refractivity (Wildman–Crippen MR) is 62.1 cm³/mol. The minimum absolute atomic E-state index is 0.519. The number of ether oxygens (including phenoxy) is 1. The molecule has 0 saturated carbocycles. The van der Waals surface area contributed by atoms with Gasteiger partial charge in [-0.05, 0) is 36.6 Å². The normalized spacial score (nSPS) is 25.5. The summed E-state index contributed by atoms with van der Waals surface area (Å²) in [7, 11) is 1.72. The highest BCUT2D eigenvalue weighted by molar-refractivity contribution is 5.31. The van der Waals surface area contributed by atoms with Crippen LogP contribution in [0.5, 0.6) is 5.75 Å². The van der Waals surface area contributed by atoms with E-state index in [2.05, 4.69) is 30.4 Å². The topological polar surface area (TPSA) is 21.3 Å². The zero-order chi connectivity index (χ0) is 10.7. The highest BCUT2D eigenvalue weighted by Crippen LogP contribution is 2.32. The van der Waals surface area contributed by atoms with Crippen LogP contribution in [0.1, 0.15) is 31.4 Å². The summed E-state index contributed by atoms with van der Waals surface area (Å²) in [5.41, 5.74) is 1.36. The summed E-state index contributed by atoms with van der Waals surface area (Å²) in [5.74, 6) is 1.73. The molecule has 1 aromatic carbocycles. The van der Waals surface area contributed by atoms with Crippen molar-refractivity contribution in [3.63, 3.8) is 0 Å². The fourth-order valence-electron chi connectivity index (χ4n) is 2.42. The maximum Gasteiger partial charge on any atom is 0.119 e. The van der Waals surface area contributed by atoms with Crippen molar-refractivity contribution in [3.8, 4) is 5.75 Å². The van der Waals surface area contributed by atoms with E-state index in [9.17, 15) is 0 Å². The molecule has 1 N–H and O–H groups in total. The minimum Gasteiger partial charge on any atom is -0.497 e. The number of hydrogen-bond acceptors (Lipinski definition) is 2. The molecule has 0 spiro atoms. The summed E-state index contributed by atoms with van der Waals surface area (Å²) in [6.07, 6.45) is 2.53. The SMILES string of the molecule is CC[C@H]1CCN[C@H]1c1cccc(OC)c1. The molecule has 0 aliphatic carbocycles. The third kappa shape index (κ3) is 2.15. The second kappa shape index (κ2) is 4.67. The maximum absolute atomic E-state index is 5.26. The molecule has 1 heterocycles. The van der Waals surface area contributed by atoms with E-state index in [1.165, 1.54) is 18.4 Å². The van der Waals surface area contributed by atoms with Gasteiger partial charge in [-0.1, -0.05) is 25.5 Å². The Labute approximate surface area is 91.6 Å².